The third kappa shape index (κ3) is 1.36. The van der Waals surface area contributed by atoms with Crippen molar-refractivity contribution < 1.29 is 0 Å². The van der Waals surface area contributed by atoms with Crippen LogP contribution in [0.25, 0.3) is 0 Å². The summed E-state index contributed by atoms with van der Waals surface area (Å²) < 4.78 is 5.47. The van der Waals surface area contributed by atoms with Gasteiger partial charge in [0.1, 0.15) is 0 Å². The predicted octanol–water partition coefficient (Wildman–Crippen LogP) is 0.0463. The van der Waals surface area contributed by atoms with Gasteiger partial charge in [-0.25, -0.2) is 0 Å². The standard InChI is InChI=1S/C5H6N2.Sn/c6-4-2-1-3-5-7;/h2-5H,6H2;/q-1;+1/b3-1?,4-2+;. The zero-order valence-corrected chi connectivity index (χ0v) is 7.19. The maximum absolute atomic E-state index is 5.16. The number of nitrogens with zero attached hydrogens (tertiary/aromatic N) is 1. The van der Waals surface area contributed by atoms with Crippen LogP contribution in [0.4, 0.5) is 0 Å². The quantitative estimate of drug-likeness (QED) is 0.613. The molecule has 0 spiro atoms. The van der Waals surface area contributed by atoms with Gasteiger partial charge in [-0.15, -0.1) is 0 Å². The monoisotopic (exact) mass is 214 g/mol. The number of hydrogen-bond acceptors (Lipinski definition) is 2. The molecule has 1 aliphatic heterocycles. The summed E-state index contributed by atoms with van der Waals surface area (Å²) in [4.78, 5) is 0. The van der Waals surface area contributed by atoms with Gasteiger partial charge >= 0.3 is 58.5 Å². The average Bonchev–Trinajstić information content (AvgIpc) is 2.19. The van der Waals surface area contributed by atoms with E-state index in [0.717, 1.165) is 0 Å². The summed E-state index contributed by atoms with van der Waals surface area (Å²) >= 11 is -0.531. The van der Waals surface area contributed by atoms with E-state index in [0.29, 0.717) is 0 Å². The number of nitrogens with two attached hydrogens (primary N) is 1. The van der Waals surface area contributed by atoms with Crippen molar-refractivity contribution in [2.75, 3.05) is 0 Å². The van der Waals surface area contributed by atoms with Crippen LogP contribution in [0.1, 0.15) is 0 Å². The Morgan fingerprint density at radius 2 is 2.62 bits per heavy atom. The number of allylic oxidation sites excluding steroid dienone is 3. The second kappa shape index (κ2) is 2.91. The van der Waals surface area contributed by atoms with Crippen molar-refractivity contribution in [3.05, 3.63) is 21.9 Å². The van der Waals surface area contributed by atoms with Gasteiger partial charge in [-0.05, 0) is 0 Å². The van der Waals surface area contributed by atoms with Gasteiger partial charge in [0.15, 0.2) is 0 Å². The molecule has 8 heavy (non-hydrogen) atoms. The van der Waals surface area contributed by atoms with E-state index in [-0.39, 0.29) is 0 Å². The summed E-state index contributed by atoms with van der Waals surface area (Å²) in [6.07, 6.45) is 7.39. The predicted molar refractivity (Wildman–Crippen MR) is 35.7 cm³/mol. The van der Waals surface area contributed by atoms with Gasteiger partial charge in [-0.3, -0.25) is 0 Å². The van der Waals surface area contributed by atoms with Crippen molar-refractivity contribution in [3.63, 3.8) is 0 Å². The van der Waals surface area contributed by atoms with Crippen LogP contribution in [0.5, 0.6) is 0 Å². The molecule has 0 amide bonds. The Labute approximate surface area is 58.7 Å². The van der Waals surface area contributed by atoms with Crippen LogP contribution in [-0.4, -0.2) is 27.6 Å². The minimum absolute atomic E-state index is 0.531. The Balaban J connectivity index is 2.51. The van der Waals surface area contributed by atoms with E-state index in [1.807, 2.05) is 18.4 Å². The molecule has 2 radical (unpaired) electrons. The molecular formula is C5H6N2Sn. The minimum atomic E-state index is -0.531. The van der Waals surface area contributed by atoms with Crippen molar-refractivity contribution in [1.82, 2.24) is 0 Å². The van der Waals surface area contributed by atoms with E-state index in [4.69, 9.17) is 5.73 Å². The van der Waals surface area contributed by atoms with Gasteiger partial charge < -0.3 is 0 Å². The van der Waals surface area contributed by atoms with Gasteiger partial charge in [0.2, 0.25) is 0 Å². The molecule has 0 aromatic carbocycles. The van der Waals surface area contributed by atoms with Gasteiger partial charge in [0.05, 0.1) is 0 Å². The number of hydrogen-bond donors (Lipinski definition) is 1. The molecule has 0 saturated carbocycles. The topological polar surface area (TPSA) is 38.4 Å². The molecule has 1 rings (SSSR count). The van der Waals surface area contributed by atoms with Crippen molar-refractivity contribution in [2.45, 2.75) is 0 Å². The Morgan fingerprint density at radius 1 is 1.75 bits per heavy atom. The fourth-order valence-corrected chi connectivity index (χ4v) is 2.23. The van der Waals surface area contributed by atoms with E-state index in [1.54, 1.807) is 6.20 Å². The van der Waals surface area contributed by atoms with Crippen LogP contribution < -0.4 is 5.73 Å². The molecule has 2 nitrogen and oxygen atoms in total. The molecule has 0 aliphatic carbocycles. The average molecular weight is 213 g/mol. The summed E-state index contributed by atoms with van der Waals surface area (Å²) in [5.74, 6) is 0. The maximum atomic E-state index is 5.16. The number of rotatable bonds is 1. The Morgan fingerprint density at radius 3 is 3.12 bits per heavy atom. The Bertz CT molecular complexity index is 158. The van der Waals surface area contributed by atoms with Crippen molar-refractivity contribution in [1.29, 1.82) is 0 Å². The van der Waals surface area contributed by atoms with Crippen LogP contribution in [-0.2, 0) is 0 Å². The Kier molecular flexibility index (Phi) is 2.14. The summed E-state index contributed by atoms with van der Waals surface area (Å²) in [5.41, 5.74) is 5.16. The van der Waals surface area contributed by atoms with Crippen LogP contribution in [0, 0.1) is 0 Å². The third-order valence-corrected chi connectivity index (χ3v) is 3.28. The van der Waals surface area contributed by atoms with E-state index in [2.05, 4.69) is 3.21 Å². The van der Waals surface area contributed by atoms with Crippen LogP contribution in [0.2, 0.25) is 0 Å². The molecule has 0 unspecified atom stereocenters. The zero-order valence-electron chi connectivity index (χ0n) is 4.33. The first-order valence-electron chi connectivity index (χ1n) is 2.31. The summed E-state index contributed by atoms with van der Waals surface area (Å²) in [7, 11) is 0. The molecule has 0 aromatic heterocycles. The summed E-state index contributed by atoms with van der Waals surface area (Å²) in [6.45, 7) is 0. The second-order valence-corrected chi connectivity index (χ2v) is 4.39. The van der Waals surface area contributed by atoms with Crippen LogP contribution in [0.15, 0.2) is 25.2 Å². The fourth-order valence-electron chi connectivity index (χ4n) is 0.463. The van der Waals surface area contributed by atoms with E-state index >= 15 is 0 Å². The molecule has 3 heteroatoms. The van der Waals surface area contributed by atoms with Gasteiger partial charge in [0.25, 0.3) is 0 Å². The fraction of sp³-hybridized carbons (Fsp3) is 0. The summed E-state index contributed by atoms with van der Waals surface area (Å²) in [6, 6.07) is 0. The molecule has 0 atom stereocenters. The Hall–Kier alpha value is -0.251. The van der Waals surface area contributed by atoms with Gasteiger partial charge in [0, 0.05) is 0 Å². The molecule has 0 saturated heterocycles. The van der Waals surface area contributed by atoms with Gasteiger partial charge in [-0.2, -0.15) is 0 Å². The normalized spacial score (nSPS) is 17.8. The first-order chi connectivity index (χ1) is 3.93. The molecule has 0 aromatic rings. The van der Waals surface area contributed by atoms with Crippen molar-refractivity contribution in [3.8, 4) is 0 Å². The molecule has 0 bridgehead atoms. The summed E-state index contributed by atoms with van der Waals surface area (Å²) in [5, 5.41) is 0. The van der Waals surface area contributed by atoms with Crippen LogP contribution >= 0.6 is 0 Å². The SMILES string of the molecule is N/C=C/[C]1=CC=[N][Sn]1. The molecule has 0 fully saturated rings. The third-order valence-electron chi connectivity index (χ3n) is 0.798. The first kappa shape index (κ1) is 5.88. The van der Waals surface area contributed by atoms with E-state index < -0.39 is 21.4 Å². The molecule has 1 heterocycles. The van der Waals surface area contributed by atoms with Crippen molar-refractivity contribution in [2.24, 2.45) is 8.95 Å². The zero-order chi connectivity index (χ0) is 5.82. The van der Waals surface area contributed by atoms with E-state index in [1.165, 1.54) is 3.59 Å². The molecule has 1 aliphatic rings. The van der Waals surface area contributed by atoms with E-state index in [9.17, 15) is 0 Å². The second-order valence-electron chi connectivity index (χ2n) is 1.37. The van der Waals surface area contributed by atoms with Crippen LogP contribution in [0.3, 0.4) is 0 Å². The van der Waals surface area contributed by atoms with Gasteiger partial charge in [-0.1, -0.05) is 0 Å². The molecule has 40 valence electrons. The molecular weight excluding hydrogens is 207 g/mol. The first-order valence-corrected chi connectivity index (χ1v) is 5.01. The van der Waals surface area contributed by atoms with Crippen molar-refractivity contribution >= 4 is 27.6 Å². The molecule has 2 N–H and O–H groups in total.